The highest BCUT2D eigenvalue weighted by molar-refractivity contribution is 6.17. The Morgan fingerprint density at radius 1 is 0.375 bits per heavy atom. The number of fused-ring (bicyclic) bond motifs is 11. The average molecular weight is 819 g/mol. The fourth-order valence-electron chi connectivity index (χ4n) is 10.7. The third-order valence-electron chi connectivity index (χ3n) is 13.8. The van der Waals surface area contributed by atoms with Crippen LogP contribution in [0.15, 0.2) is 223 Å². The highest BCUT2D eigenvalue weighted by Gasteiger charge is 2.36. The Hall–Kier alpha value is -8.14. The van der Waals surface area contributed by atoms with Gasteiger partial charge >= 0.3 is 0 Å². The van der Waals surface area contributed by atoms with E-state index in [2.05, 4.69) is 242 Å². The number of hydrogen-bond acceptors (Lipinski definition) is 2. The minimum atomic E-state index is -0.0550. The second kappa shape index (κ2) is 13.9. The smallest absolute Gasteiger partial charge is 0.143 e. The van der Waals surface area contributed by atoms with E-state index in [4.69, 9.17) is 4.42 Å². The molecule has 64 heavy (non-hydrogen) atoms. The van der Waals surface area contributed by atoms with Gasteiger partial charge in [0.15, 0.2) is 0 Å². The molecule has 0 bridgehead atoms. The number of benzene rings is 10. The van der Waals surface area contributed by atoms with Crippen molar-refractivity contribution >= 4 is 71.6 Å². The van der Waals surface area contributed by atoms with Crippen LogP contribution in [0, 0.1) is 0 Å². The molecule has 13 rings (SSSR count). The number of aromatic nitrogens is 1. The molecule has 1 aliphatic rings. The number of rotatable bonds is 6. The number of hydrogen-bond donors (Lipinski definition) is 0. The average Bonchev–Trinajstić information content (AvgIpc) is 3.98. The molecule has 0 unspecified atom stereocenters. The number of furan rings is 1. The van der Waals surface area contributed by atoms with Gasteiger partial charge in [0.25, 0.3) is 0 Å². The second-order valence-corrected chi connectivity index (χ2v) is 17.7. The summed E-state index contributed by atoms with van der Waals surface area (Å²) in [6.45, 7) is 4.69. The number of nitrogens with zero attached hydrogens (tertiary/aromatic N) is 2. The van der Waals surface area contributed by atoms with Crippen molar-refractivity contribution in [3.8, 4) is 39.1 Å². The molecule has 0 saturated carbocycles. The quantitative estimate of drug-likeness (QED) is 0.167. The van der Waals surface area contributed by atoms with Crippen LogP contribution >= 0.6 is 0 Å². The van der Waals surface area contributed by atoms with Crippen molar-refractivity contribution in [2.75, 3.05) is 4.90 Å². The van der Waals surface area contributed by atoms with E-state index in [0.717, 1.165) is 61.2 Å². The molecule has 0 spiro atoms. The van der Waals surface area contributed by atoms with Gasteiger partial charge < -0.3 is 13.9 Å². The molecule has 0 aliphatic heterocycles. The summed E-state index contributed by atoms with van der Waals surface area (Å²) in [5.74, 6) is 0. The highest BCUT2D eigenvalue weighted by atomic mass is 16.3. The zero-order valence-electron chi connectivity index (χ0n) is 35.6. The molecule has 302 valence electrons. The van der Waals surface area contributed by atoms with Gasteiger partial charge in [-0.15, -0.1) is 0 Å². The van der Waals surface area contributed by atoms with E-state index in [1.54, 1.807) is 0 Å². The molecule has 0 saturated heterocycles. The summed E-state index contributed by atoms with van der Waals surface area (Å²) in [7, 11) is 0. The van der Waals surface area contributed by atoms with Crippen LogP contribution in [0.5, 0.6) is 0 Å². The maximum atomic E-state index is 6.76. The third kappa shape index (κ3) is 5.41. The zero-order valence-corrected chi connectivity index (χ0v) is 35.6. The lowest BCUT2D eigenvalue weighted by atomic mass is 9.82. The first kappa shape index (κ1) is 36.5. The summed E-state index contributed by atoms with van der Waals surface area (Å²) < 4.78 is 9.13. The van der Waals surface area contributed by atoms with Crippen LogP contribution in [-0.4, -0.2) is 4.57 Å². The Bertz CT molecular complexity index is 3740. The molecule has 0 atom stereocenters. The van der Waals surface area contributed by atoms with Gasteiger partial charge in [0.2, 0.25) is 0 Å². The molecule has 0 N–H and O–H groups in total. The van der Waals surface area contributed by atoms with Crippen LogP contribution < -0.4 is 4.90 Å². The number of anilines is 3. The summed E-state index contributed by atoms with van der Waals surface area (Å²) in [6, 6.07) is 79.5. The van der Waals surface area contributed by atoms with Gasteiger partial charge in [-0.2, -0.15) is 0 Å². The van der Waals surface area contributed by atoms with Crippen molar-refractivity contribution < 1.29 is 4.42 Å². The second-order valence-electron chi connectivity index (χ2n) is 17.7. The minimum Gasteiger partial charge on any atom is -0.455 e. The van der Waals surface area contributed by atoms with E-state index >= 15 is 0 Å². The van der Waals surface area contributed by atoms with Gasteiger partial charge in [-0.25, -0.2) is 0 Å². The van der Waals surface area contributed by atoms with Gasteiger partial charge in [0.05, 0.1) is 11.0 Å². The summed E-state index contributed by atoms with van der Waals surface area (Å²) in [6.07, 6.45) is 0. The largest absolute Gasteiger partial charge is 0.455 e. The summed E-state index contributed by atoms with van der Waals surface area (Å²) >= 11 is 0. The lowest BCUT2D eigenvalue weighted by Crippen LogP contribution is -2.14. The predicted molar refractivity (Wildman–Crippen MR) is 269 cm³/mol. The Balaban J connectivity index is 0.927. The topological polar surface area (TPSA) is 21.3 Å². The third-order valence-corrected chi connectivity index (χ3v) is 13.8. The predicted octanol–water partition coefficient (Wildman–Crippen LogP) is 16.9. The lowest BCUT2D eigenvalue weighted by molar-refractivity contribution is 0.660. The van der Waals surface area contributed by atoms with Gasteiger partial charge in [0, 0.05) is 60.7 Å². The monoisotopic (exact) mass is 818 g/mol. The van der Waals surface area contributed by atoms with E-state index in [1.165, 1.54) is 60.6 Å². The first-order valence-electron chi connectivity index (χ1n) is 22.2. The van der Waals surface area contributed by atoms with Crippen LogP contribution in [0.3, 0.4) is 0 Å². The maximum absolute atomic E-state index is 6.76. The molecule has 0 fully saturated rings. The molecule has 3 heteroatoms. The van der Waals surface area contributed by atoms with Crippen LogP contribution in [0.4, 0.5) is 17.1 Å². The molecule has 12 aromatic rings. The fourth-order valence-corrected chi connectivity index (χ4v) is 10.7. The summed E-state index contributed by atoms with van der Waals surface area (Å²) in [5, 5.41) is 7.09. The zero-order chi connectivity index (χ0) is 42.5. The SMILES string of the molecule is CC1(C)c2ccccc2-c2c(-c3ccc(N(c4ccc(-c5cccc6c5oc5c7ccccc7ccc65)cc4)c4ccc(-n5c6ccccc6c6ccccc65)cc4)cc3)cccc21. The molecule has 0 radical (unpaired) electrons. The highest BCUT2D eigenvalue weighted by Crippen LogP contribution is 2.52. The molecular weight excluding hydrogens is 777 g/mol. The van der Waals surface area contributed by atoms with Crippen molar-refractivity contribution in [2.45, 2.75) is 19.3 Å². The van der Waals surface area contributed by atoms with E-state index in [1.807, 2.05) is 0 Å². The van der Waals surface area contributed by atoms with Gasteiger partial charge in [-0.05, 0) is 111 Å². The number of para-hydroxylation sites is 3. The standard InChI is InChI=1S/C61H42N2O/c1-61(2)54-21-8-5-17-53(54)58-46(18-12-22-55(58)61)40-25-30-42(31-26-40)62(44-34-36-45(37-35-44)63-56-23-9-6-15-49(56)50-16-7-10-24-57(50)63)43-32-27-41(28-33-43)48-19-11-20-51-52-38-29-39-13-3-4-14-47(39)60(52)64-59(48)51/h3-38H,1-2H3. The molecule has 2 aromatic heterocycles. The Labute approximate surface area is 371 Å². The van der Waals surface area contributed by atoms with Gasteiger partial charge in [0.1, 0.15) is 11.2 Å². The van der Waals surface area contributed by atoms with E-state index in [-0.39, 0.29) is 5.41 Å². The Morgan fingerprint density at radius 2 is 0.875 bits per heavy atom. The molecule has 0 amide bonds. The van der Waals surface area contributed by atoms with Crippen LogP contribution in [0.2, 0.25) is 0 Å². The molecular formula is C61H42N2O. The van der Waals surface area contributed by atoms with E-state index < -0.39 is 0 Å². The van der Waals surface area contributed by atoms with Crippen molar-refractivity contribution in [2.24, 2.45) is 0 Å². The first-order chi connectivity index (χ1) is 31.5. The van der Waals surface area contributed by atoms with Gasteiger partial charge in [-0.3, -0.25) is 0 Å². The van der Waals surface area contributed by atoms with Crippen LogP contribution in [0.1, 0.15) is 25.0 Å². The minimum absolute atomic E-state index is 0.0550. The molecule has 1 aliphatic carbocycles. The van der Waals surface area contributed by atoms with E-state index in [0.29, 0.717) is 0 Å². The van der Waals surface area contributed by atoms with Crippen molar-refractivity contribution in [3.05, 3.63) is 230 Å². The molecule has 3 nitrogen and oxygen atoms in total. The van der Waals surface area contributed by atoms with Crippen molar-refractivity contribution in [1.29, 1.82) is 0 Å². The lowest BCUT2D eigenvalue weighted by Gasteiger charge is -2.26. The van der Waals surface area contributed by atoms with Gasteiger partial charge in [-0.1, -0.05) is 166 Å². The fraction of sp³-hybridized carbons (Fsp3) is 0.0492. The van der Waals surface area contributed by atoms with Crippen LogP contribution in [-0.2, 0) is 5.41 Å². The molecule has 10 aromatic carbocycles. The first-order valence-corrected chi connectivity index (χ1v) is 22.2. The van der Waals surface area contributed by atoms with Crippen molar-refractivity contribution in [3.63, 3.8) is 0 Å². The van der Waals surface area contributed by atoms with E-state index in [9.17, 15) is 0 Å². The molecule has 2 heterocycles. The van der Waals surface area contributed by atoms with Crippen LogP contribution in [0.25, 0.3) is 93.6 Å². The Morgan fingerprint density at radius 3 is 1.58 bits per heavy atom. The summed E-state index contributed by atoms with van der Waals surface area (Å²) in [5.41, 5.74) is 18.6. The summed E-state index contributed by atoms with van der Waals surface area (Å²) in [4.78, 5) is 2.37. The van der Waals surface area contributed by atoms with Crippen molar-refractivity contribution in [1.82, 2.24) is 4.57 Å². The normalized spacial score (nSPS) is 13.0. The Kier molecular flexibility index (Phi) is 7.95. The maximum Gasteiger partial charge on any atom is 0.143 e.